The van der Waals surface area contributed by atoms with Crippen LogP contribution in [0.3, 0.4) is 0 Å². The molecule has 1 aromatic heterocycles. The van der Waals surface area contributed by atoms with Gasteiger partial charge in [-0.1, -0.05) is 0 Å². The second-order valence-electron chi connectivity index (χ2n) is 4.44. The Balaban J connectivity index is 2.42. The molecule has 0 amide bonds. The highest BCUT2D eigenvalue weighted by atomic mass is 32.2. The number of nitrogens with two attached hydrogens (primary N) is 1. The minimum absolute atomic E-state index is 0.00217. The van der Waals surface area contributed by atoms with Crippen molar-refractivity contribution in [1.29, 1.82) is 5.26 Å². The normalized spacial score (nSPS) is 20.5. The molecule has 0 bridgehead atoms. The van der Waals surface area contributed by atoms with Gasteiger partial charge in [-0.2, -0.15) is 10.4 Å². The van der Waals surface area contributed by atoms with Gasteiger partial charge < -0.3 is 10.5 Å². The number of nitrogens with zero attached hydrogens (tertiary/aromatic N) is 3. The molecule has 1 saturated heterocycles. The molecule has 1 aromatic rings. The van der Waals surface area contributed by atoms with Gasteiger partial charge in [0.15, 0.2) is 15.5 Å². The largest absolute Gasteiger partial charge is 0.461 e. The van der Waals surface area contributed by atoms with Gasteiger partial charge in [-0.15, -0.1) is 0 Å². The summed E-state index contributed by atoms with van der Waals surface area (Å²) in [7, 11) is -3.12. The number of nitrogen functional groups attached to an aromatic ring is 1. The van der Waals surface area contributed by atoms with E-state index in [2.05, 4.69) is 5.10 Å². The third kappa shape index (κ3) is 2.46. The van der Waals surface area contributed by atoms with Crippen LogP contribution >= 0.6 is 0 Å². The zero-order chi connectivity index (χ0) is 14.9. The van der Waals surface area contributed by atoms with E-state index in [1.807, 2.05) is 6.07 Å². The van der Waals surface area contributed by atoms with Crippen LogP contribution in [0.4, 0.5) is 5.82 Å². The van der Waals surface area contributed by atoms with Gasteiger partial charge in [0.2, 0.25) is 0 Å². The van der Waals surface area contributed by atoms with Crippen molar-refractivity contribution in [2.24, 2.45) is 0 Å². The van der Waals surface area contributed by atoms with Crippen LogP contribution < -0.4 is 5.73 Å². The monoisotopic (exact) mass is 298 g/mol. The van der Waals surface area contributed by atoms with E-state index in [1.165, 1.54) is 4.68 Å². The average molecular weight is 298 g/mol. The molecule has 0 aromatic carbocycles. The third-order valence-corrected chi connectivity index (χ3v) is 4.83. The average Bonchev–Trinajstić information content (AvgIpc) is 2.89. The van der Waals surface area contributed by atoms with Crippen LogP contribution in [-0.4, -0.2) is 42.3 Å². The van der Waals surface area contributed by atoms with E-state index in [4.69, 9.17) is 15.7 Å². The van der Waals surface area contributed by atoms with Crippen molar-refractivity contribution in [2.75, 3.05) is 23.8 Å². The third-order valence-electron chi connectivity index (χ3n) is 3.08. The van der Waals surface area contributed by atoms with Crippen LogP contribution in [-0.2, 0) is 14.6 Å². The molecule has 0 radical (unpaired) electrons. The quantitative estimate of drug-likeness (QED) is 0.770. The van der Waals surface area contributed by atoms with Crippen molar-refractivity contribution in [3.8, 4) is 6.07 Å². The number of aromatic nitrogens is 2. The lowest BCUT2D eigenvalue weighted by Gasteiger charge is -2.09. The Morgan fingerprint density at radius 1 is 1.65 bits per heavy atom. The van der Waals surface area contributed by atoms with Gasteiger partial charge in [0, 0.05) is 0 Å². The van der Waals surface area contributed by atoms with Crippen LogP contribution in [0.25, 0.3) is 0 Å². The van der Waals surface area contributed by atoms with Gasteiger partial charge in [0.25, 0.3) is 0 Å². The number of carbonyl (C=O) groups excluding carboxylic acids is 1. The first-order valence-corrected chi connectivity index (χ1v) is 7.87. The predicted molar refractivity (Wildman–Crippen MR) is 69.6 cm³/mol. The molecule has 0 spiro atoms. The molecule has 1 aliphatic heterocycles. The van der Waals surface area contributed by atoms with Gasteiger partial charge >= 0.3 is 5.97 Å². The number of esters is 1. The van der Waals surface area contributed by atoms with E-state index in [9.17, 15) is 13.2 Å². The predicted octanol–water partition coefficient (Wildman–Crippen LogP) is -0.127. The minimum atomic E-state index is -3.12. The molecule has 2 heterocycles. The van der Waals surface area contributed by atoms with E-state index in [-0.39, 0.29) is 35.2 Å². The number of anilines is 1. The molecule has 2 N–H and O–H groups in total. The summed E-state index contributed by atoms with van der Waals surface area (Å²) in [4.78, 5) is 11.7. The number of nitriles is 1. The molecule has 1 aliphatic rings. The molecule has 1 atom stereocenters. The number of ether oxygens (including phenoxy) is 1. The summed E-state index contributed by atoms with van der Waals surface area (Å²) in [5.74, 6) is -0.785. The molecule has 0 saturated carbocycles. The molecule has 9 heteroatoms. The lowest BCUT2D eigenvalue weighted by Crippen LogP contribution is -2.15. The molecule has 108 valence electrons. The van der Waals surface area contributed by atoms with Crippen LogP contribution in [0.2, 0.25) is 0 Å². The van der Waals surface area contributed by atoms with Crippen LogP contribution in [0.1, 0.15) is 35.4 Å². The van der Waals surface area contributed by atoms with E-state index in [0.717, 1.165) is 0 Å². The highest BCUT2D eigenvalue weighted by Gasteiger charge is 2.33. The Kier molecular flexibility index (Phi) is 3.67. The van der Waals surface area contributed by atoms with E-state index >= 15 is 0 Å². The second kappa shape index (κ2) is 5.13. The first-order valence-electron chi connectivity index (χ1n) is 6.05. The molecule has 0 aliphatic carbocycles. The molecular weight excluding hydrogens is 284 g/mol. The van der Waals surface area contributed by atoms with Gasteiger partial charge in [-0.3, -0.25) is 0 Å². The summed E-state index contributed by atoms with van der Waals surface area (Å²) < 4.78 is 29.0. The summed E-state index contributed by atoms with van der Waals surface area (Å²) >= 11 is 0. The number of carbonyl (C=O) groups is 1. The standard InChI is InChI=1S/C11H14N4O4S/c1-2-19-11(16)9-8(5-12)10(13)15(14-9)7-3-4-20(17,18)6-7/h7H,2-4,6,13H2,1H3. The van der Waals surface area contributed by atoms with Gasteiger partial charge in [0.1, 0.15) is 17.5 Å². The Morgan fingerprint density at radius 3 is 2.85 bits per heavy atom. The highest BCUT2D eigenvalue weighted by molar-refractivity contribution is 7.91. The molecule has 8 nitrogen and oxygen atoms in total. The van der Waals surface area contributed by atoms with E-state index in [1.54, 1.807) is 6.92 Å². The smallest absolute Gasteiger partial charge is 0.360 e. The number of hydrogen-bond donors (Lipinski definition) is 1. The van der Waals surface area contributed by atoms with E-state index in [0.29, 0.717) is 6.42 Å². The summed E-state index contributed by atoms with van der Waals surface area (Å²) in [5, 5.41) is 13.0. The topological polar surface area (TPSA) is 128 Å². The number of sulfone groups is 1. The highest BCUT2D eigenvalue weighted by Crippen LogP contribution is 2.28. The van der Waals surface area contributed by atoms with Crippen molar-refractivity contribution < 1.29 is 17.9 Å². The maximum Gasteiger partial charge on any atom is 0.360 e. The van der Waals surface area contributed by atoms with Crippen LogP contribution in [0, 0.1) is 11.3 Å². The molecule has 1 unspecified atom stereocenters. The summed E-state index contributed by atoms with van der Waals surface area (Å²) in [6, 6.07) is 1.36. The SMILES string of the molecule is CCOC(=O)c1nn(C2CCS(=O)(=O)C2)c(N)c1C#N. The summed E-state index contributed by atoms with van der Waals surface area (Å²) in [6.07, 6.45) is 0.362. The fraction of sp³-hybridized carbons (Fsp3) is 0.545. The van der Waals surface area contributed by atoms with Crippen LogP contribution in [0.5, 0.6) is 0 Å². The fourth-order valence-corrected chi connectivity index (χ4v) is 3.84. The lowest BCUT2D eigenvalue weighted by atomic mass is 10.2. The second-order valence-corrected chi connectivity index (χ2v) is 6.67. The van der Waals surface area contributed by atoms with Gasteiger partial charge in [-0.25, -0.2) is 17.9 Å². The first-order chi connectivity index (χ1) is 9.39. The number of hydrogen-bond acceptors (Lipinski definition) is 7. The first kappa shape index (κ1) is 14.3. The molecule has 1 fully saturated rings. The Morgan fingerprint density at radius 2 is 2.35 bits per heavy atom. The van der Waals surface area contributed by atoms with Crippen molar-refractivity contribution in [1.82, 2.24) is 9.78 Å². The van der Waals surface area contributed by atoms with Crippen molar-refractivity contribution in [3.05, 3.63) is 11.3 Å². The van der Waals surface area contributed by atoms with Crippen molar-refractivity contribution in [2.45, 2.75) is 19.4 Å². The summed E-state index contributed by atoms with van der Waals surface area (Å²) in [5.41, 5.74) is 5.55. The Labute approximate surface area is 116 Å². The minimum Gasteiger partial charge on any atom is -0.461 e. The maximum absolute atomic E-state index is 11.7. The fourth-order valence-electron chi connectivity index (χ4n) is 2.15. The number of rotatable bonds is 3. The summed E-state index contributed by atoms with van der Waals surface area (Å²) in [6.45, 7) is 1.78. The molecular formula is C11H14N4O4S. The molecule has 2 rings (SSSR count). The van der Waals surface area contributed by atoms with E-state index < -0.39 is 21.8 Å². The Bertz CT molecular complexity index is 686. The lowest BCUT2D eigenvalue weighted by molar-refractivity contribution is 0.0518. The molecule has 20 heavy (non-hydrogen) atoms. The van der Waals surface area contributed by atoms with Gasteiger partial charge in [-0.05, 0) is 13.3 Å². The van der Waals surface area contributed by atoms with Crippen molar-refractivity contribution >= 4 is 21.6 Å². The van der Waals surface area contributed by atoms with Gasteiger partial charge in [0.05, 0.1) is 24.2 Å². The van der Waals surface area contributed by atoms with Crippen molar-refractivity contribution in [3.63, 3.8) is 0 Å². The Hall–Kier alpha value is -2.08. The zero-order valence-electron chi connectivity index (χ0n) is 10.9. The van der Waals surface area contributed by atoms with Crippen LogP contribution in [0.15, 0.2) is 0 Å². The maximum atomic E-state index is 11.7. The zero-order valence-corrected chi connectivity index (χ0v) is 11.7.